The first-order valence-electron chi connectivity index (χ1n) is 7.57. The Labute approximate surface area is 138 Å². The van der Waals surface area contributed by atoms with Crippen LogP contribution in [0.1, 0.15) is 0 Å². The van der Waals surface area contributed by atoms with Crippen molar-refractivity contribution >= 4 is 39.2 Å². The summed E-state index contributed by atoms with van der Waals surface area (Å²) in [6.45, 7) is 0. The lowest BCUT2D eigenvalue weighted by Gasteiger charge is -2.11. The molecule has 2 aromatic heterocycles. The number of rotatable bonds is 2. The summed E-state index contributed by atoms with van der Waals surface area (Å²) in [6, 6.07) is 18.5. The van der Waals surface area contributed by atoms with Crippen LogP contribution in [0.5, 0.6) is 0 Å². The van der Waals surface area contributed by atoms with Crippen LogP contribution in [-0.4, -0.2) is 16.0 Å². The number of urea groups is 1. The van der Waals surface area contributed by atoms with Crippen molar-refractivity contribution in [3.63, 3.8) is 0 Å². The molecular formula is C19H14N4O. The van der Waals surface area contributed by atoms with Gasteiger partial charge in [0, 0.05) is 23.2 Å². The lowest BCUT2D eigenvalue weighted by atomic mass is 10.2. The van der Waals surface area contributed by atoms with Gasteiger partial charge in [0.1, 0.15) is 0 Å². The highest BCUT2D eigenvalue weighted by atomic mass is 16.2. The first-order valence-corrected chi connectivity index (χ1v) is 7.57. The lowest BCUT2D eigenvalue weighted by molar-refractivity contribution is 0.262. The van der Waals surface area contributed by atoms with Crippen LogP contribution in [0.3, 0.4) is 0 Å². The van der Waals surface area contributed by atoms with E-state index >= 15 is 0 Å². The van der Waals surface area contributed by atoms with Crippen LogP contribution >= 0.6 is 0 Å². The van der Waals surface area contributed by atoms with Crippen molar-refractivity contribution in [3.05, 3.63) is 73.1 Å². The molecule has 24 heavy (non-hydrogen) atoms. The van der Waals surface area contributed by atoms with Gasteiger partial charge >= 0.3 is 6.03 Å². The number of hydrogen-bond donors (Lipinski definition) is 2. The number of benzene rings is 2. The molecule has 0 fully saturated rings. The smallest absolute Gasteiger partial charge is 0.307 e. The second kappa shape index (κ2) is 5.96. The van der Waals surface area contributed by atoms with Crippen molar-refractivity contribution in [1.29, 1.82) is 0 Å². The van der Waals surface area contributed by atoms with E-state index in [1.54, 1.807) is 12.4 Å². The topological polar surface area (TPSA) is 66.9 Å². The van der Waals surface area contributed by atoms with Crippen LogP contribution < -0.4 is 10.6 Å². The molecule has 5 heteroatoms. The minimum Gasteiger partial charge on any atom is -0.307 e. The first kappa shape index (κ1) is 14.1. The van der Waals surface area contributed by atoms with Crippen molar-refractivity contribution in [3.8, 4) is 0 Å². The Hall–Kier alpha value is -3.47. The SMILES string of the molecule is O=C(Nc1cccc2ncccc12)Nc1cccc2ncccc12. The first-order chi connectivity index (χ1) is 11.8. The largest absolute Gasteiger partial charge is 0.323 e. The Bertz CT molecular complexity index is 952. The van der Waals surface area contributed by atoms with Gasteiger partial charge in [-0.1, -0.05) is 12.1 Å². The van der Waals surface area contributed by atoms with E-state index in [0.717, 1.165) is 33.2 Å². The quantitative estimate of drug-likeness (QED) is 0.575. The predicted molar refractivity (Wildman–Crippen MR) is 96.1 cm³/mol. The standard InChI is InChI=1S/C19H14N4O/c24-19(22-17-9-1-7-15-13(17)5-3-11-20-15)23-18-10-2-8-16-14(18)6-4-12-21-16/h1-12H,(H2,22,23,24). The Kier molecular flexibility index (Phi) is 3.51. The summed E-state index contributed by atoms with van der Waals surface area (Å²) in [4.78, 5) is 21.0. The normalized spacial score (nSPS) is 10.7. The van der Waals surface area contributed by atoms with Gasteiger partial charge in [0.25, 0.3) is 0 Å². The number of fused-ring (bicyclic) bond motifs is 2. The number of amides is 2. The van der Waals surface area contributed by atoms with E-state index in [0.29, 0.717) is 0 Å². The zero-order valence-electron chi connectivity index (χ0n) is 12.7. The van der Waals surface area contributed by atoms with E-state index in [4.69, 9.17) is 0 Å². The summed E-state index contributed by atoms with van der Waals surface area (Å²) in [5, 5.41) is 7.57. The van der Waals surface area contributed by atoms with E-state index in [2.05, 4.69) is 20.6 Å². The number of nitrogens with zero attached hydrogens (tertiary/aromatic N) is 2. The van der Waals surface area contributed by atoms with Gasteiger partial charge < -0.3 is 10.6 Å². The molecule has 5 nitrogen and oxygen atoms in total. The summed E-state index contributed by atoms with van der Waals surface area (Å²) < 4.78 is 0. The van der Waals surface area contributed by atoms with Crippen molar-refractivity contribution in [2.24, 2.45) is 0 Å². The number of aromatic nitrogens is 2. The van der Waals surface area contributed by atoms with Crippen LogP contribution in [0, 0.1) is 0 Å². The maximum absolute atomic E-state index is 12.4. The summed E-state index contributed by atoms with van der Waals surface area (Å²) in [7, 11) is 0. The minimum atomic E-state index is -0.303. The highest BCUT2D eigenvalue weighted by Gasteiger charge is 2.08. The second-order valence-electron chi connectivity index (χ2n) is 5.33. The third kappa shape index (κ3) is 2.63. The van der Waals surface area contributed by atoms with Gasteiger partial charge in [-0.3, -0.25) is 9.97 Å². The lowest BCUT2D eigenvalue weighted by Crippen LogP contribution is -2.19. The number of anilines is 2. The molecule has 4 rings (SSSR count). The predicted octanol–water partition coefficient (Wildman–Crippen LogP) is 4.43. The number of carbonyl (C=O) groups is 1. The maximum Gasteiger partial charge on any atom is 0.323 e. The van der Waals surface area contributed by atoms with E-state index in [-0.39, 0.29) is 6.03 Å². The molecule has 2 aromatic carbocycles. The van der Waals surface area contributed by atoms with Crippen molar-refractivity contribution < 1.29 is 4.79 Å². The third-order valence-electron chi connectivity index (χ3n) is 3.79. The number of pyridine rings is 2. The van der Waals surface area contributed by atoms with E-state index < -0.39 is 0 Å². The molecule has 0 unspecified atom stereocenters. The Morgan fingerprint density at radius 1 is 0.667 bits per heavy atom. The molecule has 116 valence electrons. The van der Waals surface area contributed by atoms with Gasteiger partial charge in [-0.05, 0) is 48.5 Å². The summed E-state index contributed by atoms with van der Waals surface area (Å²) in [5.41, 5.74) is 3.11. The molecule has 2 amide bonds. The molecule has 0 aliphatic heterocycles. The van der Waals surface area contributed by atoms with Crippen LogP contribution in [-0.2, 0) is 0 Å². The van der Waals surface area contributed by atoms with Gasteiger partial charge in [-0.2, -0.15) is 0 Å². The highest BCUT2D eigenvalue weighted by molar-refractivity contribution is 6.08. The zero-order chi connectivity index (χ0) is 16.4. The number of nitrogens with one attached hydrogen (secondary N) is 2. The van der Waals surface area contributed by atoms with Crippen LogP contribution in [0.2, 0.25) is 0 Å². The molecule has 0 aliphatic rings. The van der Waals surface area contributed by atoms with Gasteiger partial charge in [0.05, 0.1) is 22.4 Å². The van der Waals surface area contributed by atoms with E-state index in [1.807, 2.05) is 60.7 Å². The molecule has 0 aliphatic carbocycles. The summed E-state index contributed by atoms with van der Waals surface area (Å²) in [5.74, 6) is 0. The fraction of sp³-hybridized carbons (Fsp3) is 0. The molecule has 0 saturated heterocycles. The molecule has 2 N–H and O–H groups in total. The van der Waals surface area contributed by atoms with Gasteiger partial charge in [-0.25, -0.2) is 4.79 Å². The van der Waals surface area contributed by atoms with Crippen LogP contribution in [0.4, 0.5) is 16.2 Å². The van der Waals surface area contributed by atoms with E-state index in [9.17, 15) is 4.79 Å². The van der Waals surface area contributed by atoms with Crippen LogP contribution in [0.25, 0.3) is 21.8 Å². The second-order valence-corrected chi connectivity index (χ2v) is 5.33. The molecule has 0 saturated carbocycles. The molecule has 2 heterocycles. The average Bonchev–Trinajstić information content (AvgIpc) is 2.62. The van der Waals surface area contributed by atoms with E-state index in [1.165, 1.54) is 0 Å². The Morgan fingerprint density at radius 3 is 1.67 bits per heavy atom. The molecule has 0 spiro atoms. The van der Waals surface area contributed by atoms with Crippen molar-refractivity contribution in [2.45, 2.75) is 0 Å². The van der Waals surface area contributed by atoms with Gasteiger partial charge in [-0.15, -0.1) is 0 Å². The van der Waals surface area contributed by atoms with Crippen molar-refractivity contribution in [1.82, 2.24) is 9.97 Å². The Balaban J connectivity index is 1.62. The highest BCUT2D eigenvalue weighted by Crippen LogP contribution is 2.23. The average molecular weight is 314 g/mol. The maximum atomic E-state index is 12.4. The van der Waals surface area contributed by atoms with Crippen LogP contribution in [0.15, 0.2) is 73.1 Å². The zero-order valence-corrected chi connectivity index (χ0v) is 12.7. The van der Waals surface area contributed by atoms with Gasteiger partial charge in [0.15, 0.2) is 0 Å². The summed E-state index contributed by atoms with van der Waals surface area (Å²) >= 11 is 0. The fourth-order valence-electron chi connectivity index (χ4n) is 2.70. The molecular weight excluding hydrogens is 300 g/mol. The van der Waals surface area contributed by atoms with Gasteiger partial charge in [0.2, 0.25) is 0 Å². The molecule has 0 bridgehead atoms. The van der Waals surface area contributed by atoms with Crippen molar-refractivity contribution in [2.75, 3.05) is 10.6 Å². The molecule has 4 aromatic rings. The summed E-state index contributed by atoms with van der Waals surface area (Å²) in [6.07, 6.45) is 3.46. The number of hydrogen-bond acceptors (Lipinski definition) is 3. The minimum absolute atomic E-state index is 0.303. The Morgan fingerprint density at radius 2 is 1.17 bits per heavy atom. The molecule has 0 atom stereocenters. The fourth-order valence-corrected chi connectivity index (χ4v) is 2.70. The third-order valence-corrected chi connectivity index (χ3v) is 3.79. The number of carbonyl (C=O) groups excluding carboxylic acids is 1. The molecule has 0 radical (unpaired) electrons. The monoisotopic (exact) mass is 314 g/mol.